The smallest absolute Gasteiger partial charge is 0.407 e. The number of nitrogens with zero attached hydrogens (tertiary/aromatic N) is 2. The van der Waals surface area contributed by atoms with Crippen LogP contribution in [0.3, 0.4) is 0 Å². The molecule has 1 heterocycles. The first kappa shape index (κ1) is 15.1. The van der Waals surface area contributed by atoms with Crippen molar-refractivity contribution in [1.82, 2.24) is 9.21 Å². The van der Waals surface area contributed by atoms with E-state index < -0.39 is 22.2 Å². The summed E-state index contributed by atoms with van der Waals surface area (Å²) < 4.78 is 26.3. The molecule has 8 heteroatoms. The number of carboxylic acid groups (broad SMARTS) is 1. The number of hydrogen-bond acceptors (Lipinski definition) is 3. The Bertz CT molecular complexity index is 602. The van der Waals surface area contributed by atoms with Crippen LogP contribution >= 0.6 is 11.6 Å². The topological polar surface area (TPSA) is 77.9 Å². The van der Waals surface area contributed by atoms with Crippen LogP contribution < -0.4 is 0 Å². The van der Waals surface area contributed by atoms with Gasteiger partial charge in [0.25, 0.3) is 0 Å². The predicted molar refractivity (Wildman–Crippen MR) is 74.4 cm³/mol. The summed E-state index contributed by atoms with van der Waals surface area (Å²) in [6.07, 6.45) is -1.03. The average molecular weight is 319 g/mol. The second-order valence-corrected chi connectivity index (χ2v) is 6.97. The molecule has 1 N–H and O–H groups in total. The lowest BCUT2D eigenvalue weighted by Gasteiger charge is -2.37. The van der Waals surface area contributed by atoms with Gasteiger partial charge in [-0.1, -0.05) is 11.6 Å². The van der Waals surface area contributed by atoms with Crippen molar-refractivity contribution in [2.45, 2.75) is 17.9 Å². The molecule has 0 aliphatic carbocycles. The van der Waals surface area contributed by atoms with Gasteiger partial charge in [-0.3, -0.25) is 0 Å². The van der Waals surface area contributed by atoms with Crippen molar-refractivity contribution in [2.24, 2.45) is 0 Å². The normalized spacial score (nSPS) is 20.9. The Morgan fingerprint density at radius 2 is 1.90 bits per heavy atom. The van der Waals surface area contributed by atoms with E-state index >= 15 is 0 Å². The van der Waals surface area contributed by atoms with E-state index in [-0.39, 0.29) is 24.5 Å². The second kappa shape index (κ2) is 5.59. The van der Waals surface area contributed by atoms with Gasteiger partial charge in [0, 0.05) is 30.7 Å². The predicted octanol–water partition coefficient (Wildman–Crippen LogP) is 1.71. The minimum atomic E-state index is -3.62. The molecular weight excluding hydrogens is 304 g/mol. The Balaban J connectivity index is 2.23. The lowest BCUT2D eigenvalue weighted by atomic mass is 10.2. The lowest BCUT2D eigenvalue weighted by molar-refractivity contribution is 0.109. The van der Waals surface area contributed by atoms with Crippen molar-refractivity contribution in [3.63, 3.8) is 0 Å². The third-order valence-electron chi connectivity index (χ3n) is 3.26. The van der Waals surface area contributed by atoms with Crippen LogP contribution in [-0.2, 0) is 10.0 Å². The molecule has 1 aromatic carbocycles. The summed E-state index contributed by atoms with van der Waals surface area (Å²) in [5.74, 6) is 0. The summed E-state index contributed by atoms with van der Waals surface area (Å²) in [6.45, 7) is 2.19. The average Bonchev–Trinajstić information content (AvgIpc) is 2.38. The van der Waals surface area contributed by atoms with Crippen molar-refractivity contribution in [2.75, 3.05) is 19.6 Å². The summed E-state index contributed by atoms with van der Waals surface area (Å²) >= 11 is 5.75. The van der Waals surface area contributed by atoms with Gasteiger partial charge in [-0.05, 0) is 31.2 Å². The standard InChI is InChI=1S/C12H15ClN2O4S/c1-9-8-14(12(16)17)6-7-15(9)20(18,19)11-4-2-10(13)3-5-11/h2-5,9H,6-8H2,1H3,(H,16,17)/t9-/m0/s1. The monoisotopic (exact) mass is 318 g/mol. The largest absolute Gasteiger partial charge is 0.465 e. The fourth-order valence-electron chi connectivity index (χ4n) is 2.21. The number of halogens is 1. The van der Waals surface area contributed by atoms with E-state index in [0.29, 0.717) is 5.02 Å². The highest BCUT2D eigenvalue weighted by molar-refractivity contribution is 7.89. The maximum atomic E-state index is 12.5. The number of rotatable bonds is 2. The van der Waals surface area contributed by atoms with E-state index in [0.717, 1.165) is 0 Å². The molecule has 1 aromatic rings. The van der Waals surface area contributed by atoms with Crippen LogP contribution in [0.5, 0.6) is 0 Å². The highest BCUT2D eigenvalue weighted by Crippen LogP contribution is 2.22. The summed E-state index contributed by atoms with van der Waals surface area (Å²) in [5, 5.41) is 9.40. The summed E-state index contributed by atoms with van der Waals surface area (Å²) in [5.41, 5.74) is 0. The quantitative estimate of drug-likeness (QED) is 0.900. The van der Waals surface area contributed by atoms with Crippen LogP contribution in [0.1, 0.15) is 6.92 Å². The van der Waals surface area contributed by atoms with Crippen molar-refractivity contribution in [3.8, 4) is 0 Å². The first-order valence-corrected chi connectivity index (χ1v) is 7.89. The molecule has 0 aromatic heterocycles. The molecule has 6 nitrogen and oxygen atoms in total. The SMILES string of the molecule is C[C@H]1CN(C(=O)O)CCN1S(=O)(=O)c1ccc(Cl)cc1. The van der Waals surface area contributed by atoms with Crippen molar-refractivity contribution in [3.05, 3.63) is 29.3 Å². The molecule has 1 aliphatic heterocycles. The minimum absolute atomic E-state index is 0.151. The molecule has 0 radical (unpaired) electrons. The number of hydrogen-bond donors (Lipinski definition) is 1. The van der Waals surface area contributed by atoms with Crippen molar-refractivity contribution in [1.29, 1.82) is 0 Å². The molecule has 0 spiro atoms. The molecule has 1 atom stereocenters. The zero-order chi connectivity index (χ0) is 14.9. The minimum Gasteiger partial charge on any atom is -0.465 e. The zero-order valence-electron chi connectivity index (χ0n) is 10.9. The van der Waals surface area contributed by atoms with Gasteiger partial charge < -0.3 is 10.0 Å². The van der Waals surface area contributed by atoms with Gasteiger partial charge in [0.15, 0.2) is 0 Å². The van der Waals surface area contributed by atoms with Crippen molar-refractivity contribution >= 4 is 27.7 Å². The first-order valence-electron chi connectivity index (χ1n) is 6.07. The van der Waals surface area contributed by atoms with Gasteiger partial charge in [0.2, 0.25) is 10.0 Å². The molecule has 0 bridgehead atoms. The van der Waals surface area contributed by atoms with E-state index in [2.05, 4.69) is 0 Å². The van der Waals surface area contributed by atoms with Crippen LogP contribution in [0, 0.1) is 0 Å². The Morgan fingerprint density at radius 1 is 1.30 bits per heavy atom. The van der Waals surface area contributed by atoms with Crippen LogP contribution in [-0.4, -0.2) is 54.5 Å². The van der Waals surface area contributed by atoms with E-state index in [1.54, 1.807) is 6.92 Å². The molecule has 0 saturated carbocycles. The Hall–Kier alpha value is -1.31. The molecular formula is C12H15ClN2O4S. The fraction of sp³-hybridized carbons (Fsp3) is 0.417. The number of amides is 1. The zero-order valence-corrected chi connectivity index (χ0v) is 12.4. The maximum absolute atomic E-state index is 12.5. The van der Waals surface area contributed by atoms with E-state index in [9.17, 15) is 13.2 Å². The van der Waals surface area contributed by atoms with Gasteiger partial charge in [-0.25, -0.2) is 13.2 Å². The third kappa shape index (κ3) is 2.89. The van der Waals surface area contributed by atoms with E-state index in [1.807, 2.05) is 0 Å². The highest BCUT2D eigenvalue weighted by atomic mass is 35.5. The van der Waals surface area contributed by atoms with Gasteiger partial charge in [-0.15, -0.1) is 0 Å². The van der Waals surface area contributed by atoms with Crippen LogP contribution in [0.15, 0.2) is 29.2 Å². The van der Waals surface area contributed by atoms with Gasteiger partial charge in [0.05, 0.1) is 4.90 Å². The van der Waals surface area contributed by atoms with Crippen LogP contribution in [0.25, 0.3) is 0 Å². The fourth-order valence-corrected chi connectivity index (χ4v) is 3.95. The maximum Gasteiger partial charge on any atom is 0.407 e. The highest BCUT2D eigenvalue weighted by Gasteiger charge is 2.34. The van der Waals surface area contributed by atoms with Crippen molar-refractivity contribution < 1.29 is 18.3 Å². The van der Waals surface area contributed by atoms with Gasteiger partial charge >= 0.3 is 6.09 Å². The molecule has 0 unspecified atom stereocenters. The van der Waals surface area contributed by atoms with Crippen LogP contribution in [0.2, 0.25) is 5.02 Å². The van der Waals surface area contributed by atoms with E-state index in [1.165, 1.54) is 33.5 Å². The molecule has 110 valence electrons. The van der Waals surface area contributed by atoms with Gasteiger partial charge in [0.1, 0.15) is 0 Å². The molecule has 1 amide bonds. The molecule has 1 aliphatic rings. The molecule has 20 heavy (non-hydrogen) atoms. The Kier molecular flexibility index (Phi) is 4.22. The van der Waals surface area contributed by atoms with E-state index in [4.69, 9.17) is 16.7 Å². The molecule has 1 fully saturated rings. The molecule has 1 saturated heterocycles. The van der Waals surface area contributed by atoms with Crippen LogP contribution in [0.4, 0.5) is 4.79 Å². The number of benzene rings is 1. The molecule has 2 rings (SSSR count). The Labute approximate surface area is 122 Å². The summed E-state index contributed by atoms with van der Waals surface area (Å²) in [6, 6.07) is 5.54. The third-order valence-corrected chi connectivity index (χ3v) is 5.54. The first-order chi connectivity index (χ1) is 9.32. The second-order valence-electron chi connectivity index (χ2n) is 4.65. The Morgan fingerprint density at radius 3 is 2.40 bits per heavy atom. The number of piperazine rings is 1. The summed E-state index contributed by atoms with van der Waals surface area (Å²) in [7, 11) is -3.62. The number of carbonyl (C=O) groups is 1. The number of sulfonamides is 1. The lowest BCUT2D eigenvalue weighted by Crippen LogP contribution is -2.55. The van der Waals surface area contributed by atoms with Gasteiger partial charge in [-0.2, -0.15) is 4.31 Å². The summed E-state index contributed by atoms with van der Waals surface area (Å²) in [4.78, 5) is 12.3.